The quantitative estimate of drug-likeness (QED) is 0.739. The zero-order valence-corrected chi connectivity index (χ0v) is 11.9. The fourth-order valence-corrected chi connectivity index (χ4v) is 2.12. The van der Waals surface area contributed by atoms with Gasteiger partial charge in [0.1, 0.15) is 0 Å². The van der Waals surface area contributed by atoms with E-state index in [1.807, 2.05) is 30.3 Å². The Labute approximate surface area is 111 Å². The van der Waals surface area contributed by atoms with Crippen LogP contribution in [0.4, 0.5) is 0 Å². The summed E-state index contributed by atoms with van der Waals surface area (Å²) in [5.41, 5.74) is 0.989. The lowest BCUT2D eigenvalue weighted by molar-refractivity contribution is 0.166. The third-order valence-corrected chi connectivity index (χ3v) is 3.66. The van der Waals surface area contributed by atoms with Crippen LogP contribution in [0, 0.1) is 5.92 Å². The van der Waals surface area contributed by atoms with Gasteiger partial charge in [0.25, 0.3) is 0 Å². The van der Waals surface area contributed by atoms with Crippen molar-refractivity contribution in [1.29, 1.82) is 0 Å². The van der Waals surface area contributed by atoms with E-state index < -0.39 is 6.10 Å². The minimum atomic E-state index is -0.405. The molecule has 0 radical (unpaired) electrons. The molecule has 1 aromatic rings. The lowest BCUT2D eigenvalue weighted by Gasteiger charge is -2.22. The molecule has 0 aliphatic rings. The van der Waals surface area contributed by atoms with Gasteiger partial charge in [-0.05, 0) is 24.3 Å². The monoisotopic (exact) mass is 249 g/mol. The highest BCUT2D eigenvalue weighted by atomic mass is 16.3. The van der Waals surface area contributed by atoms with Gasteiger partial charge in [-0.25, -0.2) is 0 Å². The van der Waals surface area contributed by atoms with E-state index in [1.54, 1.807) is 0 Å². The first-order valence-electron chi connectivity index (χ1n) is 7.13. The van der Waals surface area contributed by atoms with Crippen molar-refractivity contribution >= 4 is 0 Å². The van der Waals surface area contributed by atoms with E-state index in [9.17, 15) is 5.11 Å². The van der Waals surface area contributed by atoms with Crippen LogP contribution in [0.25, 0.3) is 0 Å². The Hall–Kier alpha value is -0.860. The van der Waals surface area contributed by atoms with Crippen molar-refractivity contribution in [1.82, 2.24) is 5.32 Å². The van der Waals surface area contributed by atoms with E-state index in [0.29, 0.717) is 12.6 Å². The zero-order chi connectivity index (χ0) is 13.4. The predicted molar refractivity (Wildman–Crippen MR) is 77.6 cm³/mol. The minimum Gasteiger partial charge on any atom is -0.387 e. The second kappa shape index (κ2) is 8.28. The summed E-state index contributed by atoms with van der Waals surface area (Å²) in [6.07, 6.45) is 3.12. The summed E-state index contributed by atoms with van der Waals surface area (Å²) in [7, 11) is 0. The van der Waals surface area contributed by atoms with Gasteiger partial charge >= 0.3 is 0 Å². The highest BCUT2D eigenvalue weighted by Gasteiger charge is 2.12. The smallest absolute Gasteiger partial charge is 0.0914 e. The number of hydrogen-bond acceptors (Lipinski definition) is 2. The molecule has 0 aliphatic heterocycles. The second-order valence-electron chi connectivity index (χ2n) is 5.19. The number of benzene rings is 1. The molecule has 2 N–H and O–H groups in total. The molecule has 0 bridgehead atoms. The largest absolute Gasteiger partial charge is 0.387 e. The SMILES string of the molecule is CCC(C)CC(CC)NCC(O)c1ccccc1. The van der Waals surface area contributed by atoms with E-state index >= 15 is 0 Å². The molecule has 2 heteroatoms. The fraction of sp³-hybridized carbons (Fsp3) is 0.625. The second-order valence-corrected chi connectivity index (χ2v) is 5.19. The van der Waals surface area contributed by atoms with Crippen LogP contribution in [0.3, 0.4) is 0 Å². The predicted octanol–water partition coefficient (Wildman–Crippen LogP) is 3.52. The first kappa shape index (κ1) is 15.2. The molecule has 1 rings (SSSR count). The Balaban J connectivity index is 2.38. The van der Waals surface area contributed by atoms with Gasteiger partial charge in [0.2, 0.25) is 0 Å². The Bertz CT molecular complexity index is 312. The van der Waals surface area contributed by atoms with E-state index in [1.165, 1.54) is 12.8 Å². The normalized spacial score (nSPS) is 16.2. The van der Waals surface area contributed by atoms with Gasteiger partial charge in [-0.15, -0.1) is 0 Å². The van der Waals surface area contributed by atoms with E-state index in [-0.39, 0.29) is 0 Å². The Morgan fingerprint density at radius 2 is 1.78 bits per heavy atom. The summed E-state index contributed by atoms with van der Waals surface area (Å²) in [6, 6.07) is 10.4. The van der Waals surface area contributed by atoms with Crippen molar-refractivity contribution in [2.75, 3.05) is 6.54 Å². The molecule has 0 heterocycles. The van der Waals surface area contributed by atoms with Crippen molar-refractivity contribution in [3.8, 4) is 0 Å². The Morgan fingerprint density at radius 1 is 1.11 bits per heavy atom. The summed E-state index contributed by atoms with van der Waals surface area (Å²) in [5, 5.41) is 13.6. The number of aliphatic hydroxyl groups is 1. The lowest BCUT2D eigenvalue weighted by Crippen LogP contribution is -2.33. The number of nitrogens with one attached hydrogen (secondary N) is 1. The van der Waals surface area contributed by atoms with Crippen molar-refractivity contribution in [3.63, 3.8) is 0 Å². The first-order chi connectivity index (χ1) is 8.67. The molecule has 0 amide bonds. The standard InChI is InChI=1S/C16H27NO/c1-4-13(3)11-15(5-2)17-12-16(18)14-9-7-6-8-10-14/h6-10,13,15-18H,4-5,11-12H2,1-3H3. The molecule has 0 aliphatic carbocycles. The van der Waals surface area contributed by atoms with Crippen LogP contribution >= 0.6 is 0 Å². The molecule has 0 spiro atoms. The third-order valence-electron chi connectivity index (χ3n) is 3.66. The molecule has 0 aromatic heterocycles. The molecule has 1 aromatic carbocycles. The first-order valence-corrected chi connectivity index (χ1v) is 7.13. The van der Waals surface area contributed by atoms with Gasteiger partial charge in [0.15, 0.2) is 0 Å². The molecule has 0 saturated carbocycles. The van der Waals surface area contributed by atoms with Crippen LogP contribution in [-0.2, 0) is 0 Å². The maximum Gasteiger partial charge on any atom is 0.0914 e. The summed E-state index contributed by atoms with van der Waals surface area (Å²) in [6.45, 7) is 7.36. The third kappa shape index (κ3) is 5.19. The summed E-state index contributed by atoms with van der Waals surface area (Å²) >= 11 is 0. The fourth-order valence-electron chi connectivity index (χ4n) is 2.12. The van der Waals surface area contributed by atoms with Crippen molar-refractivity contribution in [2.45, 2.75) is 52.2 Å². The highest BCUT2D eigenvalue weighted by molar-refractivity contribution is 5.17. The van der Waals surface area contributed by atoms with Gasteiger partial charge in [0, 0.05) is 12.6 Å². The van der Waals surface area contributed by atoms with Crippen molar-refractivity contribution in [2.24, 2.45) is 5.92 Å². The van der Waals surface area contributed by atoms with Crippen LogP contribution in [0.5, 0.6) is 0 Å². The van der Waals surface area contributed by atoms with E-state index in [0.717, 1.165) is 17.9 Å². The molecule has 3 atom stereocenters. The number of hydrogen-bond donors (Lipinski definition) is 2. The maximum absolute atomic E-state index is 10.1. The van der Waals surface area contributed by atoms with Gasteiger partial charge < -0.3 is 10.4 Å². The topological polar surface area (TPSA) is 32.3 Å². The Morgan fingerprint density at radius 3 is 2.33 bits per heavy atom. The maximum atomic E-state index is 10.1. The summed E-state index contributed by atoms with van der Waals surface area (Å²) < 4.78 is 0. The average Bonchev–Trinajstić information content (AvgIpc) is 2.43. The molecular formula is C16H27NO. The number of aliphatic hydroxyl groups excluding tert-OH is 1. The summed E-state index contributed by atoms with van der Waals surface area (Å²) in [4.78, 5) is 0. The van der Waals surface area contributed by atoms with Crippen LogP contribution in [0.15, 0.2) is 30.3 Å². The molecule has 2 nitrogen and oxygen atoms in total. The van der Waals surface area contributed by atoms with Crippen LogP contribution < -0.4 is 5.32 Å². The van der Waals surface area contributed by atoms with E-state index in [4.69, 9.17) is 0 Å². The number of rotatable bonds is 8. The van der Waals surface area contributed by atoms with Gasteiger partial charge in [0.05, 0.1) is 6.10 Å². The zero-order valence-electron chi connectivity index (χ0n) is 11.9. The molecule has 3 unspecified atom stereocenters. The van der Waals surface area contributed by atoms with Gasteiger partial charge in [-0.2, -0.15) is 0 Å². The van der Waals surface area contributed by atoms with Crippen molar-refractivity contribution in [3.05, 3.63) is 35.9 Å². The lowest BCUT2D eigenvalue weighted by atomic mass is 9.97. The van der Waals surface area contributed by atoms with Gasteiger partial charge in [-0.3, -0.25) is 0 Å². The van der Waals surface area contributed by atoms with Crippen LogP contribution in [-0.4, -0.2) is 17.7 Å². The molecular weight excluding hydrogens is 222 g/mol. The van der Waals surface area contributed by atoms with Gasteiger partial charge in [-0.1, -0.05) is 57.5 Å². The molecule has 0 fully saturated rings. The van der Waals surface area contributed by atoms with Crippen LogP contribution in [0.1, 0.15) is 51.7 Å². The van der Waals surface area contributed by atoms with E-state index in [2.05, 4.69) is 26.1 Å². The average molecular weight is 249 g/mol. The van der Waals surface area contributed by atoms with Crippen LogP contribution in [0.2, 0.25) is 0 Å². The highest BCUT2D eigenvalue weighted by Crippen LogP contribution is 2.14. The molecule has 18 heavy (non-hydrogen) atoms. The Kier molecular flexibility index (Phi) is 6.99. The molecule has 102 valence electrons. The molecule has 0 saturated heterocycles. The summed E-state index contributed by atoms with van der Waals surface area (Å²) in [5.74, 6) is 0.747. The van der Waals surface area contributed by atoms with Crippen molar-refractivity contribution < 1.29 is 5.11 Å². The minimum absolute atomic E-state index is 0.405.